The number of thioether (sulfide) groups is 1. The van der Waals surface area contributed by atoms with Crippen molar-refractivity contribution >= 4 is 11.8 Å². The lowest BCUT2D eigenvalue weighted by molar-refractivity contribution is 0.218. The maximum atomic E-state index is 6.01. The van der Waals surface area contributed by atoms with Crippen LogP contribution in [0.5, 0.6) is 11.5 Å². The van der Waals surface area contributed by atoms with E-state index in [4.69, 9.17) is 15.2 Å². The summed E-state index contributed by atoms with van der Waals surface area (Å²) in [4.78, 5) is 2.44. The molecular weight excluding hydrogens is 260 g/mol. The molecule has 1 heterocycles. The quantitative estimate of drug-likeness (QED) is 0.891. The van der Waals surface area contributed by atoms with Crippen LogP contribution in [0.1, 0.15) is 11.6 Å². The van der Waals surface area contributed by atoms with E-state index in [2.05, 4.69) is 4.90 Å². The van der Waals surface area contributed by atoms with E-state index in [-0.39, 0.29) is 6.04 Å². The molecule has 1 aromatic carbocycles. The Morgan fingerprint density at radius 2 is 2.00 bits per heavy atom. The van der Waals surface area contributed by atoms with Gasteiger partial charge in [-0.05, 0) is 18.2 Å². The molecule has 1 aliphatic rings. The third-order valence-electron chi connectivity index (χ3n) is 3.51. The first-order valence-corrected chi connectivity index (χ1v) is 7.69. The average Bonchev–Trinajstić information content (AvgIpc) is 2.49. The summed E-state index contributed by atoms with van der Waals surface area (Å²) in [6.45, 7) is 2.74. The average molecular weight is 282 g/mol. The minimum Gasteiger partial charge on any atom is -0.497 e. The summed E-state index contributed by atoms with van der Waals surface area (Å²) in [6, 6.07) is 6.11. The van der Waals surface area contributed by atoms with Crippen LogP contribution < -0.4 is 15.2 Å². The maximum Gasteiger partial charge on any atom is 0.123 e. The molecule has 5 heteroatoms. The van der Waals surface area contributed by atoms with Crippen molar-refractivity contribution in [2.45, 2.75) is 6.04 Å². The van der Waals surface area contributed by atoms with Gasteiger partial charge in [0.15, 0.2) is 0 Å². The van der Waals surface area contributed by atoms with Crippen LogP contribution in [-0.2, 0) is 0 Å². The van der Waals surface area contributed by atoms with Crippen LogP contribution in [0, 0.1) is 0 Å². The third-order valence-corrected chi connectivity index (χ3v) is 4.45. The van der Waals surface area contributed by atoms with Gasteiger partial charge < -0.3 is 15.2 Å². The Labute approximate surface area is 119 Å². The molecule has 0 aliphatic carbocycles. The van der Waals surface area contributed by atoms with Crippen LogP contribution in [0.2, 0.25) is 0 Å². The van der Waals surface area contributed by atoms with E-state index < -0.39 is 0 Å². The van der Waals surface area contributed by atoms with Gasteiger partial charge in [0.2, 0.25) is 0 Å². The molecule has 106 valence electrons. The van der Waals surface area contributed by atoms with Gasteiger partial charge in [-0.3, -0.25) is 4.90 Å². The Hall–Kier alpha value is -0.910. The van der Waals surface area contributed by atoms with Crippen LogP contribution in [0.3, 0.4) is 0 Å². The van der Waals surface area contributed by atoms with Crippen molar-refractivity contribution in [3.8, 4) is 11.5 Å². The Morgan fingerprint density at radius 1 is 1.26 bits per heavy atom. The molecule has 0 radical (unpaired) electrons. The predicted octanol–water partition coefficient (Wildman–Crippen LogP) is 1.75. The Balaban J connectivity index is 2.29. The first-order chi connectivity index (χ1) is 9.30. The van der Waals surface area contributed by atoms with E-state index >= 15 is 0 Å². The highest BCUT2D eigenvalue weighted by Crippen LogP contribution is 2.33. The fourth-order valence-electron chi connectivity index (χ4n) is 2.46. The number of hydrogen-bond acceptors (Lipinski definition) is 5. The summed E-state index contributed by atoms with van der Waals surface area (Å²) in [5.41, 5.74) is 7.13. The first kappa shape index (κ1) is 14.5. The molecule has 1 saturated heterocycles. The lowest BCUT2D eigenvalue weighted by atomic mass is 10.0. The molecule has 1 fully saturated rings. The second-order valence-electron chi connectivity index (χ2n) is 4.51. The van der Waals surface area contributed by atoms with Gasteiger partial charge in [-0.1, -0.05) is 0 Å². The van der Waals surface area contributed by atoms with Gasteiger partial charge in [0.25, 0.3) is 0 Å². The van der Waals surface area contributed by atoms with E-state index in [0.29, 0.717) is 6.54 Å². The largest absolute Gasteiger partial charge is 0.497 e. The van der Waals surface area contributed by atoms with Crippen LogP contribution >= 0.6 is 11.8 Å². The smallest absolute Gasteiger partial charge is 0.123 e. The molecule has 2 N–H and O–H groups in total. The van der Waals surface area contributed by atoms with Crippen LogP contribution in [0.4, 0.5) is 0 Å². The van der Waals surface area contributed by atoms with Gasteiger partial charge in [-0.25, -0.2) is 0 Å². The SMILES string of the molecule is COc1ccc(OC)c(C(CN)N2CCSCC2)c1. The van der Waals surface area contributed by atoms with Crippen LogP contribution in [-0.4, -0.2) is 50.3 Å². The Bertz CT molecular complexity index is 408. The molecule has 1 aromatic rings. The van der Waals surface area contributed by atoms with Crippen molar-refractivity contribution in [2.24, 2.45) is 5.73 Å². The normalized spacial score (nSPS) is 18.1. The minimum atomic E-state index is 0.200. The summed E-state index contributed by atoms with van der Waals surface area (Å²) in [5, 5.41) is 0. The minimum absolute atomic E-state index is 0.200. The summed E-state index contributed by atoms with van der Waals surface area (Å²) in [6.07, 6.45) is 0. The third kappa shape index (κ3) is 3.35. The van der Waals surface area contributed by atoms with E-state index in [0.717, 1.165) is 30.2 Å². The maximum absolute atomic E-state index is 6.01. The molecule has 1 unspecified atom stereocenters. The van der Waals surface area contributed by atoms with Crippen molar-refractivity contribution in [1.29, 1.82) is 0 Å². The Morgan fingerprint density at radius 3 is 2.58 bits per heavy atom. The molecule has 0 amide bonds. The number of benzene rings is 1. The van der Waals surface area contributed by atoms with Crippen molar-refractivity contribution in [3.63, 3.8) is 0 Å². The lowest BCUT2D eigenvalue weighted by Crippen LogP contribution is -2.39. The number of hydrogen-bond donors (Lipinski definition) is 1. The highest BCUT2D eigenvalue weighted by atomic mass is 32.2. The number of ether oxygens (including phenoxy) is 2. The molecule has 1 aliphatic heterocycles. The van der Waals surface area contributed by atoms with Crippen molar-refractivity contribution in [3.05, 3.63) is 23.8 Å². The standard InChI is InChI=1S/C14H22N2O2S/c1-17-11-3-4-14(18-2)12(9-11)13(10-15)16-5-7-19-8-6-16/h3-4,9,13H,5-8,10,15H2,1-2H3. The predicted molar refractivity (Wildman–Crippen MR) is 80.2 cm³/mol. The molecule has 2 rings (SSSR count). The van der Waals surface area contributed by atoms with Crippen LogP contribution in [0.15, 0.2) is 18.2 Å². The molecule has 0 spiro atoms. The fraction of sp³-hybridized carbons (Fsp3) is 0.571. The number of nitrogens with two attached hydrogens (primary N) is 1. The lowest BCUT2D eigenvalue weighted by Gasteiger charge is -2.34. The molecule has 4 nitrogen and oxygen atoms in total. The van der Waals surface area contributed by atoms with E-state index in [1.165, 1.54) is 11.5 Å². The molecule has 0 saturated carbocycles. The van der Waals surface area contributed by atoms with Gasteiger partial charge >= 0.3 is 0 Å². The van der Waals surface area contributed by atoms with E-state index in [9.17, 15) is 0 Å². The first-order valence-electron chi connectivity index (χ1n) is 6.54. The van der Waals surface area contributed by atoms with E-state index in [1.807, 2.05) is 30.0 Å². The van der Waals surface area contributed by atoms with Gasteiger partial charge in [0.05, 0.1) is 20.3 Å². The monoisotopic (exact) mass is 282 g/mol. The van der Waals surface area contributed by atoms with Gasteiger partial charge in [-0.2, -0.15) is 11.8 Å². The van der Waals surface area contributed by atoms with Gasteiger partial charge in [0, 0.05) is 36.7 Å². The summed E-state index contributed by atoms with van der Waals surface area (Å²) >= 11 is 2.00. The second-order valence-corrected chi connectivity index (χ2v) is 5.73. The zero-order valence-electron chi connectivity index (χ0n) is 11.6. The zero-order valence-corrected chi connectivity index (χ0v) is 12.4. The molecule has 0 bridgehead atoms. The molecular formula is C14H22N2O2S. The number of rotatable bonds is 5. The zero-order chi connectivity index (χ0) is 13.7. The molecule has 0 aromatic heterocycles. The summed E-state index contributed by atoms with van der Waals surface area (Å²) in [5.74, 6) is 4.07. The van der Waals surface area contributed by atoms with Gasteiger partial charge in [0.1, 0.15) is 11.5 Å². The molecule has 19 heavy (non-hydrogen) atoms. The second kappa shape index (κ2) is 7.03. The van der Waals surface area contributed by atoms with E-state index in [1.54, 1.807) is 14.2 Å². The Kier molecular flexibility index (Phi) is 5.36. The summed E-state index contributed by atoms with van der Waals surface area (Å²) in [7, 11) is 3.38. The number of nitrogens with zero attached hydrogens (tertiary/aromatic N) is 1. The van der Waals surface area contributed by atoms with Crippen molar-refractivity contribution < 1.29 is 9.47 Å². The topological polar surface area (TPSA) is 47.7 Å². The molecule has 1 atom stereocenters. The summed E-state index contributed by atoms with van der Waals surface area (Å²) < 4.78 is 10.8. The van der Waals surface area contributed by atoms with Gasteiger partial charge in [-0.15, -0.1) is 0 Å². The van der Waals surface area contributed by atoms with Crippen molar-refractivity contribution in [2.75, 3.05) is 45.4 Å². The highest BCUT2D eigenvalue weighted by molar-refractivity contribution is 7.99. The van der Waals surface area contributed by atoms with Crippen molar-refractivity contribution in [1.82, 2.24) is 4.90 Å². The number of methoxy groups -OCH3 is 2. The highest BCUT2D eigenvalue weighted by Gasteiger charge is 2.24. The van der Waals surface area contributed by atoms with Crippen LogP contribution in [0.25, 0.3) is 0 Å². The fourth-order valence-corrected chi connectivity index (χ4v) is 3.39.